The van der Waals surface area contributed by atoms with Gasteiger partial charge in [0.2, 0.25) is 0 Å². The van der Waals surface area contributed by atoms with E-state index in [1.165, 1.54) is 23.9 Å². The summed E-state index contributed by atoms with van der Waals surface area (Å²) in [6.07, 6.45) is 1.67. The summed E-state index contributed by atoms with van der Waals surface area (Å²) < 4.78 is 13.1. The van der Waals surface area contributed by atoms with Gasteiger partial charge >= 0.3 is 0 Å². The lowest BCUT2D eigenvalue weighted by Crippen LogP contribution is -1.90. The lowest BCUT2D eigenvalue weighted by molar-refractivity contribution is 0.627. The Bertz CT molecular complexity index is 513. The number of anilines is 1. The molecule has 17 heavy (non-hydrogen) atoms. The first kappa shape index (κ1) is 12.2. The standard InChI is InChI=1S/C12H10ClFN2S/c13-11-2-1-3-16-12(11)17-7-8-4-9(14)6-10(15)5-8/h1-6H,7,15H2. The van der Waals surface area contributed by atoms with Crippen molar-refractivity contribution in [2.24, 2.45) is 0 Å². The smallest absolute Gasteiger partial charge is 0.125 e. The highest BCUT2D eigenvalue weighted by atomic mass is 35.5. The van der Waals surface area contributed by atoms with Crippen LogP contribution in [0.15, 0.2) is 41.6 Å². The van der Waals surface area contributed by atoms with Crippen LogP contribution in [0.4, 0.5) is 10.1 Å². The van der Waals surface area contributed by atoms with Gasteiger partial charge in [-0.15, -0.1) is 11.8 Å². The van der Waals surface area contributed by atoms with Gasteiger partial charge in [0.05, 0.1) is 5.02 Å². The number of aromatic nitrogens is 1. The molecule has 0 spiro atoms. The number of rotatable bonds is 3. The molecule has 0 saturated carbocycles. The minimum absolute atomic E-state index is 0.326. The third-order valence-corrected chi connectivity index (χ3v) is 3.57. The number of halogens is 2. The van der Waals surface area contributed by atoms with Crippen molar-refractivity contribution >= 4 is 29.1 Å². The van der Waals surface area contributed by atoms with Crippen molar-refractivity contribution in [3.8, 4) is 0 Å². The van der Waals surface area contributed by atoms with Gasteiger partial charge in [-0.2, -0.15) is 0 Å². The topological polar surface area (TPSA) is 38.9 Å². The molecule has 2 N–H and O–H groups in total. The predicted octanol–water partition coefficient (Wildman–Crippen LogP) is 3.75. The molecular weight excluding hydrogens is 259 g/mol. The minimum Gasteiger partial charge on any atom is -0.399 e. The number of nitrogens with two attached hydrogens (primary N) is 1. The molecule has 0 aliphatic carbocycles. The number of hydrogen-bond acceptors (Lipinski definition) is 3. The summed E-state index contributed by atoms with van der Waals surface area (Å²) in [5, 5.41) is 1.33. The van der Waals surface area contributed by atoms with E-state index in [4.69, 9.17) is 17.3 Å². The third kappa shape index (κ3) is 3.35. The lowest BCUT2D eigenvalue weighted by Gasteiger charge is -2.04. The van der Waals surface area contributed by atoms with Crippen LogP contribution in [-0.4, -0.2) is 4.98 Å². The van der Waals surface area contributed by atoms with Crippen LogP contribution in [0.3, 0.4) is 0 Å². The van der Waals surface area contributed by atoms with E-state index in [0.717, 1.165) is 10.6 Å². The van der Waals surface area contributed by atoms with Crippen LogP contribution in [0.25, 0.3) is 0 Å². The Morgan fingerprint density at radius 3 is 2.88 bits per heavy atom. The van der Waals surface area contributed by atoms with Crippen molar-refractivity contribution in [3.05, 3.63) is 52.9 Å². The first-order valence-corrected chi connectivity index (χ1v) is 6.30. The van der Waals surface area contributed by atoms with Gasteiger partial charge in [-0.1, -0.05) is 11.6 Å². The number of thioether (sulfide) groups is 1. The molecule has 0 radical (unpaired) electrons. The van der Waals surface area contributed by atoms with Crippen molar-refractivity contribution in [3.63, 3.8) is 0 Å². The quantitative estimate of drug-likeness (QED) is 0.681. The summed E-state index contributed by atoms with van der Waals surface area (Å²) in [5.74, 6) is 0.256. The molecular formula is C12H10ClFN2S. The Morgan fingerprint density at radius 2 is 2.18 bits per heavy atom. The van der Waals surface area contributed by atoms with E-state index in [1.807, 2.05) is 0 Å². The van der Waals surface area contributed by atoms with Crippen molar-refractivity contribution in [1.29, 1.82) is 0 Å². The molecule has 0 saturated heterocycles. The lowest BCUT2D eigenvalue weighted by atomic mass is 10.2. The zero-order valence-corrected chi connectivity index (χ0v) is 10.4. The summed E-state index contributed by atoms with van der Waals surface area (Å²) in [7, 11) is 0. The summed E-state index contributed by atoms with van der Waals surface area (Å²) in [5.41, 5.74) is 6.81. The summed E-state index contributed by atoms with van der Waals surface area (Å²) in [6.45, 7) is 0. The Hall–Kier alpha value is -1.26. The minimum atomic E-state index is -0.326. The summed E-state index contributed by atoms with van der Waals surface area (Å²) in [4.78, 5) is 4.14. The Kier molecular flexibility index (Phi) is 3.86. The second-order valence-electron chi connectivity index (χ2n) is 3.47. The number of nitrogens with zero attached hydrogens (tertiary/aromatic N) is 1. The predicted molar refractivity (Wildman–Crippen MR) is 69.6 cm³/mol. The molecule has 88 valence electrons. The molecule has 0 fully saturated rings. The number of pyridine rings is 1. The monoisotopic (exact) mass is 268 g/mol. The number of hydrogen-bond donors (Lipinski definition) is 1. The molecule has 2 aromatic rings. The molecule has 1 aromatic carbocycles. The molecule has 0 aliphatic heterocycles. The molecule has 5 heteroatoms. The van der Waals surface area contributed by atoms with E-state index in [9.17, 15) is 4.39 Å². The average Bonchev–Trinajstić information content (AvgIpc) is 2.27. The first-order chi connectivity index (χ1) is 8.15. The molecule has 0 amide bonds. The van der Waals surface area contributed by atoms with E-state index in [2.05, 4.69) is 4.98 Å². The molecule has 0 bridgehead atoms. The van der Waals surface area contributed by atoms with Gasteiger partial charge in [0.15, 0.2) is 0 Å². The molecule has 2 nitrogen and oxygen atoms in total. The van der Waals surface area contributed by atoms with Crippen molar-refractivity contribution < 1.29 is 4.39 Å². The second-order valence-corrected chi connectivity index (χ2v) is 4.84. The van der Waals surface area contributed by atoms with E-state index >= 15 is 0 Å². The van der Waals surface area contributed by atoms with Crippen LogP contribution < -0.4 is 5.73 Å². The maximum Gasteiger partial charge on any atom is 0.125 e. The number of benzene rings is 1. The van der Waals surface area contributed by atoms with Gasteiger partial charge in [-0.25, -0.2) is 9.37 Å². The largest absolute Gasteiger partial charge is 0.399 e. The van der Waals surface area contributed by atoms with Crippen molar-refractivity contribution in [2.45, 2.75) is 10.8 Å². The van der Waals surface area contributed by atoms with Gasteiger partial charge in [0.25, 0.3) is 0 Å². The Labute approximate surface area is 108 Å². The maximum absolute atomic E-state index is 13.1. The fraction of sp³-hybridized carbons (Fsp3) is 0.0833. The van der Waals surface area contributed by atoms with Crippen molar-refractivity contribution in [2.75, 3.05) is 5.73 Å². The van der Waals surface area contributed by atoms with Crippen LogP contribution >= 0.6 is 23.4 Å². The fourth-order valence-electron chi connectivity index (χ4n) is 1.39. The average molecular weight is 269 g/mol. The summed E-state index contributed by atoms with van der Waals surface area (Å²) >= 11 is 7.42. The van der Waals surface area contributed by atoms with Gasteiger partial charge in [-0.05, 0) is 35.9 Å². The second kappa shape index (κ2) is 5.38. The maximum atomic E-state index is 13.1. The van der Waals surface area contributed by atoms with Gasteiger partial charge in [0.1, 0.15) is 10.8 Å². The molecule has 1 aromatic heterocycles. The molecule has 0 aliphatic rings. The van der Waals surface area contributed by atoms with E-state index in [0.29, 0.717) is 16.5 Å². The van der Waals surface area contributed by atoms with Crippen LogP contribution in [-0.2, 0) is 5.75 Å². The molecule has 0 unspecified atom stereocenters. The highest BCUT2D eigenvalue weighted by molar-refractivity contribution is 7.98. The fourth-order valence-corrected chi connectivity index (χ4v) is 2.48. The van der Waals surface area contributed by atoms with E-state index in [-0.39, 0.29) is 5.82 Å². The molecule has 1 heterocycles. The normalized spacial score (nSPS) is 10.5. The Balaban J connectivity index is 2.10. The van der Waals surface area contributed by atoms with Crippen LogP contribution in [0.5, 0.6) is 0 Å². The van der Waals surface area contributed by atoms with Crippen LogP contribution in [0.1, 0.15) is 5.56 Å². The zero-order valence-electron chi connectivity index (χ0n) is 8.86. The Morgan fingerprint density at radius 1 is 1.35 bits per heavy atom. The highest BCUT2D eigenvalue weighted by Gasteiger charge is 2.04. The van der Waals surface area contributed by atoms with E-state index < -0.39 is 0 Å². The van der Waals surface area contributed by atoms with E-state index in [1.54, 1.807) is 24.4 Å². The van der Waals surface area contributed by atoms with Crippen LogP contribution in [0, 0.1) is 5.82 Å². The van der Waals surface area contributed by atoms with Gasteiger partial charge in [0, 0.05) is 17.6 Å². The van der Waals surface area contributed by atoms with Crippen molar-refractivity contribution in [1.82, 2.24) is 4.98 Å². The van der Waals surface area contributed by atoms with Crippen LogP contribution in [0.2, 0.25) is 5.02 Å². The van der Waals surface area contributed by atoms with Gasteiger partial charge < -0.3 is 5.73 Å². The zero-order chi connectivity index (χ0) is 12.3. The highest BCUT2D eigenvalue weighted by Crippen LogP contribution is 2.27. The third-order valence-electron chi connectivity index (χ3n) is 2.08. The molecule has 0 atom stereocenters. The summed E-state index contributed by atoms with van der Waals surface area (Å²) in [6, 6.07) is 8.04. The van der Waals surface area contributed by atoms with Gasteiger partial charge in [-0.3, -0.25) is 0 Å². The number of nitrogen functional groups attached to an aromatic ring is 1. The first-order valence-electron chi connectivity index (χ1n) is 4.93. The SMILES string of the molecule is Nc1cc(F)cc(CSc2ncccc2Cl)c1. The molecule has 2 rings (SSSR count).